The van der Waals surface area contributed by atoms with Gasteiger partial charge in [0.05, 0.1) is 19.3 Å². The lowest BCUT2D eigenvalue weighted by molar-refractivity contribution is -0.123. The summed E-state index contributed by atoms with van der Waals surface area (Å²) in [5.74, 6) is 0.264. The number of nitrogens with one attached hydrogen (secondary N) is 3. The molecular weight excluding hydrogens is 516 g/mol. The molecule has 9 nitrogen and oxygen atoms in total. The third kappa shape index (κ3) is 6.09. The zero-order valence-corrected chi connectivity index (χ0v) is 22.8. The van der Waals surface area contributed by atoms with Gasteiger partial charge in [-0.3, -0.25) is 25.0 Å². The lowest BCUT2D eigenvalue weighted by atomic mass is 10.1. The molecule has 1 saturated heterocycles. The molecule has 0 atom stereocenters. The number of hydrogen-bond donors (Lipinski definition) is 3. The van der Waals surface area contributed by atoms with Gasteiger partial charge in [0.25, 0.3) is 5.91 Å². The number of ether oxygens (including phenoxy) is 1. The molecule has 9 heteroatoms. The molecule has 1 aromatic heterocycles. The van der Waals surface area contributed by atoms with Gasteiger partial charge in [-0.1, -0.05) is 60.7 Å². The third-order valence-corrected chi connectivity index (χ3v) is 6.72. The highest BCUT2D eigenvalue weighted by atomic mass is 16.5. The molecule has 0 bridgehead atoms. The van der Waals surface area contributed by atoms with Gasteiger partial charge in [-0.2, -0.15) is 0 Å². The molecule has 0 spiro atoms. The van der Waals surface area contributed by atoms with E-state index < -0.39 is 11.9 Å². The summed E-state index contributed by atoms with van der Waals surface area (Å²) in [4.78, 5) is 33.3. The largest absolute Gasteiger partial charge is 0.497 e. The van der Waals surface area contributed by atoms with Crippen LogP contribution in [0.2, 0.25) is 0 Å². The van der Waals surface area contributed by atoms with Crippen LogP contribution < -0.4 is 15.4 Å². The number of aromatic nitrogens is 1. The van der Waals surface area contributed by atoms with Crippen LogP contribution in [0.4, 0.5) is 10.5 Å². The first-order valence-electron chi connectivity index (χ1n) is 13.1. The second-order valence-electron chi connectivity index (χ2n) is 9.44. The lowest BCUT2D eigenvalue weighted by Gasteiger charge is -2.35. The third-order valence-electron chi connectivity index (χ3n) is 6.72. The molecule has 1 aliphatic heterocycles. The van der Waals surface area contributed by atoms with Gasteiger partial charge in [-0.05, 0) is 47.5 Å². The molecular formula is C32H30N6O3. The Morgan fingerprint density at radius 3 is 2.22 bits per heavy atom. The molecule has 3 aromatic carbocycles. The smallest absolute Gasteiger partial charge is 0.332 e. The lowest BCUT2D eigenvalue weighted by Crippen LogP contribution is -2.55. The molecule has 206 valence electrons. The van der Waals surface area contributed by atoms with E-state index in [1.165, 1.54) is 11.9 Å². The second kappa shape index (κ2) is 12.2. The van der Waals surface area contributed by atoms with Crippen LogP contribution in [0.25, 0.3) is 11.3 Å². The van der Waals surface area contributed by atoms with Crippen molar-refractivity contribution in [2.24, 2.45) is 0 Å². The number of amides is 3. The second-order valence-corrected chi connectivity index (χ2v) is 9.44. The normalized spacial score (nSPS) is 14.6. The highest BCUT2D eigenvalue weighted by Crippen LogP contribution is 2.24. The van der Waals surface area contributed by atoms with E-state index in [1.807, 2.05) is 84.9 Å². The fraction of sp³-hybridized carbons (Fsp3) is 0.125. The number of benzene rings is 3. The number of anilines is 1. The zero-order chi connectivity index (χ0) is 28.8. The number of methoxy groups -OCH3 is 1. The number of amidine groups is 1. The van der Waals surface area contributed by atoms with Crippen molar-refractivity contribution in [2.45, 2.75) is 13.1 Å². The van der Waals surface area contributed by atoms with Crippen LogP contribution in [0.3, 0.4) is 0 Å². The summed E-state index contributed by atoms with van der Waals surface area (Å²) >= 11 is 0. The molecule has 5 rings (SSSR count). The van der Waals surface area contributed by atoms with Crippen molar-refractivity contribution in [1.82, 2.24) is 20.1 Å². The average molecular weight is 547 g/mol. The summed E-state index contributed by atoms with van der Waals surface area (Å²) in [7, 11) is 3.01. The number of carbonyl (C=O) groups excluding carboxylic acids is 2. The van der Waals surface area contributed by atoms with Crippen LogP contribution in [0.5, 0.6) is 5.75 Å². The fourth-order valence-corrected chi connectivity index (χ4v) is 4.43. The van der Waals surface area contributed by atoms with Crippen LogP contribution in [0.1, 0.15) is 11.1 Å². The summed E-state index contributed by atoms with van der Waals surface area (Å²) in [6, 6.07) is 29.8. The first-order valence-corrected chi connectivity index (χ1v) is 13.1. The molecule has 2 heterocycles. The SMILES string of the molecule is COc1ccc(CN2C(=N)/C(=C(\NCc3ccc(-c4ccccn4)cc3)Nc3ccccc3)C(=O)N(C)C2=O)cc1. The monoisotopic (exact) mass is 546 g/mol. The number of rotatable bonds is 9. The Morgan fingerprint density at radius 1 is 0.878 bits per heavy atom. The van der Waals surface area contributed by atoms with Crippen LogP contribution in [-0.4, -0.2) is 46.7 Å². The van der Waals surface area contributed by atoms with Crippen molar-refractivity contribution in [1.29, 1.82) is 5.41 Å². The maximum absolute atomic E-state index is 13.4. The van der Waals surface area contributed by atoms with Crippen molar-refractivity contribution >= 4 is 23.5 Å². The molecule has 1 fully saturated rings. The molecule has 0 aliphatic carbocycles. The summed E-state index contributed by atoms with van der Waals surface area (Å²) in [6.45, 7) is 0.494. The molecule has 1 aliphatic rings. The average Bonchev–Trinajstić information content (AvgIpc) is 3.02. The van der Waals surface area contributed by atoms with Gasteiger partial charge in [0.2, 0.25) is 0 Å². The minimum absolute atomic E-state index is 0.0644. The summed E-state index contributed by atoms with van der Waals surface area (Å²) in [6.07, 6.45) is 1.76. The summed E-state index contributed by atoms with van der Waals surface area (Å²) in [5, 5.41) is 15.6. The van der Waals surface area contributed by atoms with Crippen molar-refractivity contribution in [3.63, 3.8) is 0 Å². The number of nitrogens with zero attached hydrogens (tertiary/aromatic N) is 3. The number of para-hydroxylation sites is 1. The number of carbonyl (C=O) groups is 2. The zero-order valence-electron chi connectivity index (χ0n) is 22.8. The Hall–Kier alpha value is -5.44. The Morgan fingerprint density at radius 2 is 1.56 bits per heavy atom. The van der Waals surface area contributed by atoms with Crippen molar-refractivity contribution in [2.75, 3.05) is 19.5 Å². The van der Waals surface area contributed by atoms with Crippen LogP contribution in [-0.2, 0) is 17.9 Å². The number of likely N-dealkylation sites (N-methyl/N-ethyl adjacent to an activating group) is 1. The van der Waals surface area contributed by atoms with Crippen molar-refractivity contribution in [3.8, 4) is 17.0 Å². The first kappa shape index (κ1) is 27.1. The maximum Gasteiger partial charge on any atom is 0.332 e. The molecule has 4 aromatic rings. The summed E-state index contributed by atoms with van der Waals surface area (Å²) < 4.78 is 5.23. The Bertz CT molecular complexity index is 1570. The fourth-order valence-electron chi connectivity index (χ4n) is 4.43. The van der Waals surface area contributed by atoms with E-state index in [-0.39, 0.29) is 18.0 Å². The topological polar surface area (TPSA) is 111 Å². The van der Waals surface area contributed by atoms with E-state index in [1.54, 1.807) is 25.4 Å². The van der Waals surface area contributed by atoms with Gasteiger partial charge in [0.1, 0.15) is 23.0 Å². The van der Waals surface area contributed by atoms with Gasteiger partial charge in [-0.25, -0.2) is 4.79 Å². The number of hydrogen-bond acceptors (Lipinski definition) is 7. The first-order chi connectivity index (χ1) is 19.9. The van der Waals surface area contributed by atoms with E-state index in [0.717, 1.165) is 33.0 Å². The standard InChI is InChI=1S/C32H30N6O3/c1-37-31(39)28(29(33)38(32(37)40)21-23-13-17-26(41-2)18-14-23)30(36-25-8-4-3-5-9-25)35-20-22-11-15-24(16-12-22)27-10-6-7-19-34-27/h3-19,33,35-36H,20-21H2,1-2H3/b30-28-,33-29?. The van der Waals surface area contributed by atoms with E-state index in [9.17, 15) is 9.59 Å². The Labute approximate surface area is 238 Å². The van der Waals surface area contributed by atoms with Gasteiger partial charge >= 0.3 is 6.03 Å². The van der Waals surface area contributed by atoms with Crippen LogP contribution >= 0.6 is 0 Å². The van der Waals surface area contributed by atoms with Gasteiger partial charge in [0.15, 0.2) is 0 Å². The molecule has 41 heavy (non-hydrogen) atoms. The van der Waals surface area contributed by atoms with Crippen LogP contribution in [0, 0.1) is 5.41 Å². The highest BCUT2D eigenvalue weighted by molar-refractivity contribution is 6.30. The molecule has 3 N–H and O–H groups in total. The minimum atomic E-state index is -0.567. The van der Waals surface area contributed by atoms with Gasteiger partial charge < -0.3 is 15.4 Å². The minimum Gasteiger partial charge on any atom is -0.497 e. The van der Waals surface area contributed by atoms with E-state index in [4.69, 9.17) is 10.1 Å². The van der Waals surface area contributed by atoms with E-state index in [0.29, 0.717) is 18.1 Å². The van der Waals surface area contributed by atoms with Crippen molar-refractivity contribution < 1.29 is 14.3 Å². The highest BCUT2D eigenvalue weighted by Gasteiger charge is 2.39. The Kier molecular flexibility index (Phi) is 8.05. The molecule has 0 saturated carbocycles. The number of imide groups is 1. The van der Waals surface area contributed by atoms with Gasteiger partial charge in [-0.15, -0.1) is 0 Å². The molecule has 3 amide bonds. The molecule has 0 radical (unpaired) electrons. The summed E-state index contributed by atoms with van der Waals surface area (Å²) in [5.41, 5.74) is 4.43. The predicted octanol–water partition coefficient (Wildman–Crippen LogP) is 5.24. The van der Waals surface area contributed by atoms with E-state index >= 15 is 0 Å². The predicted molar refractivity (Wildman–Crippen MR) is 158 cm³/mol. The number of pyridine rings is 1. The van der Waals surface area contributed by atoms with E-state index in [2.05, 4.69) is 15.6 Å². The number of urea groups is 1. The quantitative estimate of drug-likeness (QED) is 0.248. The van der Waals surface area contributed by atoms with Crippen molar-refractivity contribution in [3.05, 3.63) is 126 Å². The van der Waals surface area contributed by atoms with Crippen LogP contribution in [0.15, 0.2) is 115 Å². The Balaban J connectivity index is 1.45. The molecule has 0 unspecified atom stereocenters. The maximum atomic E-state index is 13.4. The van der Waals surface area contributed by atoms with Gasteiger partial charge in [0, 0.05) is 31.0 Å².